The van der Waals surface area contributed by atoms with Crippen LogP contribution in [-0.4, -0.2) is 9.97 Å². The van der Waals surface area contributed by atoms with E-state index in [1.807, 2.05) is 11.3 Å². The zero-order chi connectivity index (χ0) is 35.8. The molecule has 4 saturated carbocycles. The molecule has 0 radical (unpaired) electrons. The maximum absolute atomic E-state index is 5.58. The summed E-state index contributed by atoms with van der Waals surface area (Å²) in [5, 5.41) is 5.15. The molecule has 0 amide bonds. The monoisotopic (exact) mass is 722 g/mol. The van der Waals surface area contributed by atoms with Gasteiger partial charge < -0.3 is 0 Å². The molecule has 5 aliphatic rings. The zero-order valence-electron chi connectivity index (χ0n) is 30.5. The Hall–Kier alpha value is -5.64. The first-order valence-corrected chi connectivity index (χ1v) is 21.0. The fraction of sp³-hybridized carbons (Fsp3) is 0.192. The summed E-state index contributed by atoms with van der Waals surface area (Å²) in [6.45, 7) is 0. The summed E-state index contributed by atoms with van der Waals surface area (Å²) in [6, 6.07) is 54.4. The maximum atomic E-state index is 5.58. The molecule has 9 aromatic rings. The lowest BCUT2D eigenvalue weighted by Crippen LogP contribution is -2.55. The van der Waals surface area contributed by atoms with Crippen LogP contribution in [0.25, 0.3) is 86.7 Å². The highest BCUT2D eigenvalue weighted by atomic mass is 32.1. The van der Waals surface area contributed by atoms with Gasteiger partial charge in [0.2, 0.25) is 0 Å². The molecule has 2 heterocycles. The average molecular weight is 723 g/mol. The summed E-state index contributed by atoms with van der Waals surface area (Å²) in [7, 11) is 0. The Morgan fingerprint density at radius 2 is 1.07 bits per heavy atom. The zero-order valence-corrected chi connectivity index (χ0v) is 31.3. The minimum absolute atomic E-state index is 0.0270. The number of hydrogen-bond donors (Lipinski definition) is 0. The van der Waals surface area contributed by atoms with Crippen molar-refractivity contribution in [3.05, 3.63) is 157 Å². The number of benzene rings is 7. The third kappa shape index (κ3) is 4.20. The van der Waals surface area contributed by atoms with Crippen LogP contribution in [0, 0.1) is 23.7 Å². The molecule has 0 N–H and O–H groups in total. The minimum atomic E-state index is 0.0270. The second-order valence-corrected chi connectivity index (χ2v) is 18.0. The van der Waals surface area contributed by atoms with Crippen LogP contribution in [0.1, 0.15) is 43.2 Å². The Morgan fingerprint density at radius 3 is 1.85 bits per heavy atom. The van der Waals surface area contributed by atoms with Gasteiger partial charge in [0.05, 0.1) is 22.4 Å². The third-order valence-corrected chi connectivity index (χ3v) is 15.4. The van der Waals surface area contributed by atoms with E-state index in [0.717, 1.165) is 39.8 Å². The van der Waals surface area contributed by atoms with Gasteiger partial charge in [0.1, 0.15) is 0 Å². The first-order valence-electron chi connectivity index (χ1n) is 20.2. The van der Waals surface area contributed by atoms with Gasteiger partial charge in [-0.15, -0.1) is 11.3 Å². The van der Waals surface area contributed by atoms with E-state index in [0.29, 0.717) is 11.8 Å². The predicted molar refractivity (Wildman–Crippen MR) is 230 cm³/mol. The van der Waals surface area contributed by atoms with Gasteiger partial charge in [0, 0.05) is 36.7 Å². The van der Waals surface area contributed by atoms with Crippen molar-refractivity contribution >= 4 is 53.3 Å². The molecule has 2 aromatic heterocycles. The second-order valence-electron chi connectivity index (χ2n) is 16.9. The van der Waals surface area contributed by atoms with Gasteiger partial charge in [-0.1, -0.05) is 115 Å². The molecule has 55 heavy (non-hydrogen) atoms. The lowest BCUT2D eigenvalue weighted by atomic mass is 9.43. The molecule has 0 unspecified atom stereocenters. The van der Waals surface area contributed by atoms with Crippen LogP contribution in [0.2, 0.25) is 0 Å². The Kier molecular flexibility index (Phi) is 6.25. The standard InChI is InChI=1S/C52H38N2S/c1-2-10-33-28-35(20-19-32(33)9-1)50-51(54-45-17-5-4-16-44(45)53-50)41-13-8-15-43-49(41)48-38(34-21-22-40-39-11-3-6-18-46(39)55-47(40)29-34)12-7-14-42(48)52(43)36-24-30-23-31(26-36)27-37(52)25-30/h1-22,28-31,36-37H,23-27H2. The second kappa shape index (κ2) is 11.2. The summed E-state index contributed by atoms with van der Waals surface area (Å²) < 4.78 is 2.70. The average Bonchev–Trinajstić information content (AvgIpc) is 3.75. The van der Waals surface area contributed by atoms with E-state index >= 15 is 0 Å². The van der Waals surface area contributed by atoms with Crippen molar-refractivity contribution in [1.29, 1.82) is 0 Å². The van der Waals surface area contributed by atoms with Gasteiger partial charge in [-0.05, 0) is 130 Å². The molecule has 2 nitrogen and oxygen atoms in total. The van der Waals surface area contributed by atoms with Gasteiger partial charge in [-0.25, -0.2) is 9.97 Å². The van der Waals surface area contributed by atoms with Gasteiger partial charge in [0.15, 0.2) is 0 Å². The number of hydrogen-bond acceptors (Lipinski definition) is 3. The lowest BCUT2D eigenvalue weighted by molar-refractivity contribution is -0.0399. The Morgan fingerprint density at radius 1 is 0.455 bits per heavy atom. The molecule has 3 heteroatoms. The number of nitrogens with zero attached hydrogens (tertiary/aromatic N) is 2. The summed E-state index contributed by atoms with van der Waals surface area (Å²) in [5.41, 5.74) is 14.7. The number of fused-ring (bicyclic) bond motifs is 8. The first-order chi connectivity index (χ1) is 27.2. The molecule has 5 aliphatic carbocycles. The molecule has 262 valence electrons. The van der Waals surface area contributed by atoms with Crippen molar-refractivity contribution < 1.29 is 0 Å². The number of thiophene rings is 1. The largest absolute Gasteiger partial charge is 0.244 e. The predicted octanol–water partition coefficient (Wildman–Crippen LogP) is 13.9. The van der Waals surface area contributed by atoms with Crippen LogP contribution in [0.4, 0.5) is 0 Å². The van der Waals surface area contributed by atoms with Gasteiger partial charge in [-0.2, -0.15) is 0 Å². The van der Waals surface area contributed by atoms with Crippen LogP contribution in [0.5, 0.6) is 0 Å². The highest BCUT2D eigenvalue weighted by molar-refractivity contribution is 7.25. The molecular formula is C52H38N2S. The quantitative estimate of drug-likeness (QED) is 0.181. The molecule has 0 atom stereocenters. The molecule has 4 fully saturated rings. The van der Waals surface area contributed by atoms with Crippen LogP contribution >= 0.6 is 11.3 Å². The van der Waals surface area contributed by atoms with Crippen molar-refractivity contribution in [3.63, 3.8) is 0 Å². The van der Waals surface area contributed by atoms with Gasteiger partial charge in [-0.3, -0.25) is 0 Å². The van der Waals surface area contributed by atoms with Crippen LogP contribution in [0.15, 0.2) is 146 Å². The van der Waals surface area contributed by atoms with Crippen molar-refractivity contribution in [1.82, 2.24) is 9.97 Å². The fourth-order valence-electron chi connectivity index (χ4n) is 12.3. The molecule has 4 bridgehead atoms. The topological polar surface area (TPSA) is 25.8 Å². The molecule has 0 aliphatic heterocycles. The van der Waals surface area contributed by atoms with Crippen molar-refractivity contribution in [2.24, 2.45) is 23.7 Å². The summed E-state index contributed by atoms with van der Waals surface area (Å²) in [5.74, 6) is 3.10. The number of para-hydroxylation sites is 2. The Labute approximate surface area is 324 Å². The molecule has 14 rings (SSSR count). The van der Waals surface area contributed by atoms with Gasteiger partial charge in [0.25, 0.3) is 0 Å². The Balaban J connectivity index is 1.12. The number of aromatic nitrogens is 2. The summed E-state index contributed by atoms with van der Waals surface area (Å²) in [6.07, 6.45) is 6.86. The van der Waals surface area contributed by atoms with Crippen molar-refractivity contribution in [2.45, 2.75) is 37.5 Å². The van der Waals surface area contributed by atoms with E-state index in [9.17, 15) is 0 Å². The SMILES string of the molecule is c1cc(-c2ccc3c(c2)sc2ccccc23)c2c(c1)C1(c3cccc(-c4nc5ccccc5nc4-c4ccc5ccccc5c4)c3-2)C2CC3CC(C2)CC1C3. The van der Waals surface area contributed by atoms with E-state index in [4.69, 9.17) is 9.97 Å². The first kappa shape index (κ1) is 30.7. The summed E-state index contributed by atoms with van der Waals surface area (Å²) >= 11 is 1.91. The highest BCUT2D eigenvalue weighted by Crippen LogP contribution is 2.71. The van der Waals surface area contributed by atoms with Crippen LogP contribution in [0.3, 0.4) is 0 Å². The summed E-state index contributed by atoms with van der Waals surface area (Å²) in [4.78, 5) is 11.0. The molecular weight excluding hydrogens is 685 g/mol. The Bertz CT molecular complexity index is 3050. The smallest absolute Gasteiger partial charge is 0.0979 e. The molecule has 0 saturated heterocycles. The van der Waals surface area contributed by atoms with E-state index < -0.39 is 0 Å². The lowest BCUT2D eigenvalue weighted by Gasteiger charge is -2.61. The van der Waals surface area contributed by atoms with Crippen LogP contribution < -0.4 is 0 Å². The fourth-order valence-corrected chi connectivity index (χ4v) is 13.5. The minimum Gasteiger partial charge on any atom is -0.244 e. The van der Waals surface area contributed by atoms with E-state index in [1.165, 1.54) is 90.9 Å². The third-order valence-electron chi connectivity index (χ3n) is 14.2. The maximum Gasteiger partial charge on any atom is 0.0979 e. The molecule has 7 aromatic carbocycles. The van der Waals surface area contributed by atoms with Crippen LogP contribution in [-0.2, 0) is 5.41 Å². The van der Waals surface area contributed by atoms with Crippen molar-refractivity contribution in [3.8, 4) is 44.8 Å². The molecule has 1 spiro atoms. The van der Waals surface area contributed by atoms with E-state index in [1.54, 1.807) is 11.1 Å². The highest BCUT2D eigenvalue weighted by Gasteiger charge is 2.62. The van der Waals surface area contributed by atoms with E-state index in [2.05, 4.69) is 146 Å². The van der Waals surface area contributed by atoms with Crippen molar-refractivity contribution in [2.75, 3.05) is 0 Å². The van der Waals surface area contributed by atoms with E-state index in [-0.39, 0.29) is 5.41 Å². The van der Waals surface area contributed by atoms with Gasteiger partial charge >= 0.3 is 0 Å². The number of rotatable bonds is 3. The normalized spacial score (nSPS) is 23.3.